The second-order valence-corrected chi connectivity index (χ2v) is 11.2. The van der Waals surface area contributed by atoms with E-state index in [9.17, 15) is 30.4 Å². The second-order valence-electron chi connectivity index (χ2n) is 9.55. The number of hydrogen-bond donors (Lipinski definition) is 1. The highest BCUT2D eigenvalue weighted by Gasteiger charge is 2.32. The number of nitrogens with one attached hydrogen (secondary N) is 1. The van der Waals surface area contributed by atoms with E-state index in [0.717, 1.165) is 24.4 Å². The Bertz CT molecular complexity index is 1600. The van der Waals surface area contributed by atoms with Crippen molar-refractivity contribution in [2.75, 3.05) is 0 Å². The van der Waals surface area contributed by atoms with Crippen molar-refractivity contribution in [2.45, 2.75) is 43.8 Å². The topological polar surface area (TPSA) is 97.7 Å². The normalized spacial score (nSPS) is 12.6. The lowest BCUT2D eigenvalue weighted by molar-refractivity contribution is -0.141. The third-order valence-corrected chi connectivity index (χ3v) is 6.97. The van der Waals surface area contributed by atoms with E-state index >= 15 is 0 Å². The van der Waals surface area contributed by atoms with Gasteiger partial charge in [0.25, 0.3) is 6.43 Å². The van der Waals surface area contributed by atoms with Gasteiger partial charge in [0, 0.05) is 34.6 Å². The van der Waals surface area contributed by atoms with Gasteiger partial charge in [0.2, 0.25) is 10.0 Å². The first-order valence-corrected chi connectivity index (χ1v) is 12.9. The van der Waals surface area contributed by atoms with Crippen molar-refractivity contribution in [1.82, 2.24) is 24.7 Å². The summed E-state index contributed by atoms with van der Waals surface area (Å²) in [6.45, 7) is 5.13. The smallest absolute Gasteiger partial charge is 0.256 e. The summed E-state index contributed by atoms with van der Waals surface area (Å²) in [6.07, 6.45) is -5.35. The molecule has 4 rings (SSSR count). The fourth-order valence-corrected chi connectivity index (χ4v) is 5.04. The summed E-state index contributed by atoms with van der Waals surface area (Å²) in [5.41, 5.74) is -1.38. The molecule has 1 N–H and O–H groups in total. The summed E-state index contributed by atoms with van der Waals surface area (Å²) < 4.78 is 94.1. The molecule has 3 aromatic heterocycles. The lowest BCUT2D eigenvalue weighted by atomic mass is 10.1. The number of aromatic nitrogens is 4. The Morgan fingerprint density at radius 3 is 2.18 bits per heavy atom. The van der Waals surface area contributed by atoms with Crippen LogP contribution in [-0.2, 0) is 16.2 Å². The molecule has 3 heterocycles. The van der Waals surface area contributed by atoms with E-state index in [1.54, 1.807) is 32.9 Å². The van der Waals surface area contributed by atoms with Gasteiger partial charge in [-0.15, -0.1) is 0 Å². The van der Waals surface area contributed by atoms with E-state index in [1.807, 2.05) is 0 Å². The molecule has 0 saturated heterocycles. The van der Waals surface area contributed by atoms with Crippen molar-refractivity contribution in [1.29, 1.82) is 0 Å². The molecular formula is C26H22F5N5O2S. The van der Waals surface area contributed by atoms with Gasteiger partial charge in [-0.05, 0) is 63.2 Å². The molecule has 13 heteroatoms. The largest absolute Gasteiger partial charge is 0.433 e. The Labute approximate surface area is 221 Å². The molecule has 4 aromatic rings. The van der Waals surface area contributed by atoms with Crippen molar-refractivity contribution in [3.63, 3.8) is 0 Å². The van der Waals surface area contributed by atoms with Crippen LogP contribution < -0.4 is 4.72 Å². The maximum Gasteiger partial charge on any atom is 0.433 e. The fraction of sp³-hybridized carbons (Fsp3) is 0.231. The molecule has 0 radical (unpaired) electrons. The molecule has 0 atom stereocenters. The average molecular weight is 564 g/mol. The number of halogens is 5. The van der Waals surface area contributed by atoms with E-state index in [1.165, 1.54) is 30.5 Å². The van der Waals surface area contributed by atoms with Crippen molar-refractivity contribution in [3.05, 3.63) is 78.4 Å². The number of benzene rings is 1. The van der Waals surface area contributed by atoms with Gasteiger partial charge in [0.05, 0.1) is 16.3 Å². The molecule has 0 bridgehead atoms. The molecule has 0 aliphatic rings. The van der Waals surface area contributed by atoms with E-state index in [0.29, 0.717) is 11.3 Å². The lowest BCUT2D eigenvalue weighted by Gasteiger charge is -2.20. The predicted octanol–water partition coefficient (Wildman–Crippen LogP) is 6.30. The summed E-state index contributed by atoms with van der Waals surface area (Å²) in [5, 5.41) is 0. The van der Waals surface area contributed by atoms with Crippen molar-refractivity contribution < 1.29 is 30.4 Å². The molecule has 39 heavy (non-hydrogen) atoms. The molecule has 0 unspecified atom stereocenters. The highest BCUT2D eigenvalue weighted by atomic mass is 32.2. The van der Waals surface area contributed by atoms with E-state index in [4.69, 9.17) is 0 Å². The van der Waals surface area contributed by atoms with E-state index < -0.39 is 39.6 Å². The standard InChI is InChI=1S/C26H22F5N5O2S/c1-25(2,3)36-39(37,38)18-6-4-5-15(11-18)19-12-16(9-10-32-19)24-34-20(13-21(35-24)23(27)28)17-7-8-22(33-14-17)26(29,30)31/h4-14,23,36H,1-3H3. The zero-order valence-electron chi connectivity index (χ0n) is 20.8. The van der Waals surface area contributed by atoms with Crippen LogP contribution in [0.5, 0.6) is 0 Å². The maximum atomic E-state index is 13.7. The molecule has 1 aromatic carbocycles. The van der Waals surface area contributed by atoms with Crippen LogP contribution in [0.2, 0.25) is 0 Å². The predicted molar refractivity (Wildman–Crippen MR) is 134 cm³/mol. The number of rotatable bonds is 6. The van der Waals surface area contributed by atoms with Gasteiger partial charge in [0.15, 0.2) is 5.82 Å². The minimum absolute atomic E-state index is 0.00941. The Kier molecular flexibility index (Phi) is 7.50. The minimum atomic E-state index is -4.66. The number of nitrogens with zero attached hydrogens (tertiary/aromatic N) is 4. The molecule has 204 valence electrons. The molecule has 0 aliphatic carbocycles. The summed E-state index contributed by atoms with van der Waals surface area (Å²) in [4.78, 5) is 15.9. The van der Waals surface area contributed by atoms with Crippen LogP contribution in [0.3, 0.4) is 0 Å². The third kappa shape index (κ3) is 6.79. The highest BCUT2D eigenvalue weighted by molar-refractivity contribution is 7.89. The quantitative estimate of drug-likeness (QED) is 0.277. The monoisotopic (exact) mass is 563 g/mol. The van der Waals surface area contributed by atoms with Gasteiger partial charge in [0.1, 0.15) is 11.4 Å². The van der Waals surface area contributed by atoms with Crippen LogP contribution in [0.15, 0.2) is 71.9 Å². The van der Waals surface area contributed by atoms with Gasteiger partial charge >= 0.3 is 6.18 Å². The zero-order valence-corrected chi connectivity index (χ0v) is 21.6. The van der Waals surface area contributed by atoms with Crippen LogP contribution in [0.1, 0.15) is 38.6 Å². The van der Waals surface area contributed by atoms with Crippen molar-refractivity contribution >= 4 is 10.0 Å². The Morgan fingerprint density at radius 2 is 1.56 bits per heavy atom. The molecule has 0 aliphatic heterocycles. The summed E-state index contributed by atoms with van der Waals surface area (Å²) in [5.74, 6) is -0.121. The molecule has 7 nitrogen and oxygen atoms in total. The number of hydrogen-bond acceptors (Lipinski definition) is 6. The first-order chi connectivity index (χ1) is 18.1. The second kappa shape index (κ2) is 10.4. The van der Waals surface area contributed by atoms with Crippen LogP contribution in [0.4, 0.5) is 22.0 Å². The van der Waals surface area contributed by atoms with E-state index in [-0.39, 0.29) is 27.5 Å². The third-order valence-electron chi connectivity index (χ3n) is 5.22. The first-order valence-electron chi connectivity index (χ1n) is 11.4. The molecule has 0 spiro atoms. The number of sulfonamides is 1. The molecule has 0 amide bonds. The first kappa shape index (κ1) is 28.2. The molecule has 0 saturated carbocycles. The Morgan fingerprint density at radius 1 is 0.821 bits per heavy atom. The van der Waals surface area contributed by atoms with Crippen molar-refractivity contribution in [3.8, 4) is 33.9 Å². The van der Waals surface area contributed by atoms with Gasteiger partial charge in [-0.3, -0.25) is 9.97 Å². The minimum Gasteiger partial charge on any atom is -0.256 e. The molecule has 0 fully saturated rings. The number of alkyl halides is 5. The summed E-state index contributed by atoms with van der Waals surface area (Å²) in [7, 11) is -3.84. The van der Waals surface area contributed by atoms with Gasteiger partial charge in [-0.2, -0.15) is 13.2 Å². The summed E-state index contributed by atoms with van der Waals surface area (Å²) in [6, 6.07) is 11.8. The van der Waals surface area contributed by atoms with Crippen LogP contribution in [-0.4, -0.2) is 33.9 Å². The van der Waals surface area contributed by atoms with Gasteiger partial charge in [-0.25, -0.2) is 31.9 Å². The summed E-state index contributed by atoms with van der Waals surface area (Å²) >= 11 is 0. The molecular weight excluding hydrogens is 541 g/mol. The van der Waals surface area contributed by atoms with Crippen LogP contribution in [0, 0.1) is 0 Å². The SMILES string of the molecule is CC(C)(C)NS(=O)(=O)c1cccc(-c2cc(-c3nc(-c4ccc(C(F)(F)F)nc4)cc(C(F)F)n3)ccn2)c1. The van der Waals surface area contributed by atoms with Gasteiger partial charge < -0.3 is 0 Å². The lowest BCUT2D eigenvalue weighted by Crippen LogP contribution is -2.40. The van der Waals surface area contributed by atoms with Crippen LogP contribution in [0.25, 0.3) is 33.9 Å². The number of pyridine rings is 2. The fourth-order valence-electron chi connectivity index (χ4n) is 3.58. The maximum absolute atomic E-state index is 13.7. The van der Waals surface area contributed by atoms with E-state index in [2.05, 4.69) is 24.7 Å². The Hall–Kier alpha value is -3.84. The highest BCUT2D eigenvalue weighted by Crippen LogP contribution is 2.31. The van der Waals surface area contributed by atoms with Crippen molar-refractivity contribution in [2.24, 2.45) is 0 Å². The average Bonchev–Trinajstić information content (AvgIpc) is 2.87. The zero-order chi connectivity index (χ0) is 28.6. The van der Waals surface area contributed by atoms with Crippen LogP contribution >= 0.6 is 0 Å². The Balaban J connectivity index is 1.75. The van der Waals surface area contributed by atoms with Gasteiger partial charge in [-0.1, -0.05) is 12.1 Å².